The lowest BCUT2D eigenvalue weighted by Gasteiger charge is -2.35. The summed E-state index contributed by atoms with van der Waals surface area (Å²) in [5.41, 5.74) is 0. The first kappa shape index (κ1) is 5.72. The van der Waals surface area contributed by atoms with E-state index in [4.69, 9.17) is 4.74 Å². The number of ether oxygens (including phenoxy) is 1. The molecule has 0 aromatic rings. The molecule has 2 bridgehead atoms. The van der Waals surface area contributed by atoms with Gasteiger partial charge in [-0.2, -0.15) is 0 Å². The molecule has 0 radical (unpaired) electrons. The van der Waals surface area contributed by atoms with Crippen LogP contribution in [0.5, 0.6) is 0 Å². The quantitative estimate of drug-likeness (QED) is 0.519. The fraction of sp³-hybridized carbons (Fsp3) is 1.00. The van der Waals surface area contributed by atoms with Gasteiger partial charge in [0.05, 0.1) is 12.7 Å². The van der Waals surface area contributed by atoms with Gasteiger partial charge in [-0.1, -0.05) is 13.8 Å². The Bertz CT molecular complexity index is 106. The summed E-state index contributed by atoms with van der Waals surface area (Å²) in [5.74, 6) is 2.68. The zero-order chi connectivity index (χ0) is 6.43. The maximum Gasteiger partial charge on any atom is 0.0613 e. The van der Waals surface area contributed by atoms with E-state index in [0.717, 1.165) is 24.4 Å². The molecule has 0 aromatic carbocycles. The average Bonchev–Trinajstić information content (AvgIpc) is 2.13. The Balaban J connectivity index is 2.02. The lowest BCUT2D eigenvalue weighted by Crippen LogP contribution is -2.37. The van der Waals surface area contributed by atoms with Gasteiger partial charge in [-0.25, -0.2) is 0 Å². The van der Waals surface area contributed by atoms with Gasteiger partial charge in [0.1, 0.15) is 0 Å². The molecule has 3 rings (SSSR count). The number of fused-ring (bicyclic) bond motifs is 1. The van der Waals surface area contributed by atoms with Crippen molar-refractivity contribution in [2.45, 2.75) is 26.4 Å². The molecule has 1 heteroatoms. The highest BCUT2D eigenvalue weighted by molar-refractivity contribution is 4.96. The molecule has 3 aliphatic rings. The summed E-state index contributed by atoms with van der Waals surface area (Å²) in [7, 11) is 0. The highest BCUT2D eigenvalue weighted by Gasteiger charge is 2.49. The molecule has 0 amide bonds. The summed E-state index contributed by atoms with van der Waals surface area (Å²) in [6.07, 6.45) is 2.00. The zero-order valence-electron chi connectivity index (χ0n) is 6.13. The monoisotopic (exact) mass is 126 g/mol. The highest BCUT2D eigenvalue weighted by Crippen LogP contribution is 2.47. The second-order valence-electron chi connectivity index (χ2n) is 3.69. The predicted molar refractivity (Wildman–Crippen MR) is 36.2 cm³/mol. The van der Waals surface area contributed by atoms with E-state index in [2.05, 4.69) is 13.8 Å². The molecule has 0 spiro atoms. The van der Waals surface area contributed by atoms with E-state index in [0.29, 0.717) is 6.10 Å². The van der Waals surface area contributed by atoms with Crippen LogP contribution in [0.1, 0.15) is 20.3 Å². The Kier molecular flexibility index (Phi) is 1.10. The fourth-order valence-electron chi connectivity index (χ4n) is 2.30. The van der Waals surface area contributed by atoms with E-state index in [1.165, 1.54) is 6.42 Å². The van der Waals surface area contributed by atoms with E-state index in [1.54, 1.807) is 0 Å². The van der Waals surface area contributed by atoms with Crippen LogP contribution in [0.4, 0.5) is 0 Å². The van der Waals surface area contributed by atoms with Crippen molar-refractivity contribution in [2.75, 3.05) is 6.61 Å². The Labute approximate surface area is 56.4 Å². The molecule has 2 aliphatic heterocycles. The number of rotatable bonds is 1. The second-order valence-corrected chi connectivity index (χ2v) is 3.69. The topological polar surface area (TPSA) is 9.23 Å². The molecule has 3 fully saturated rings. The second kappa shape index (κ2) is 1.72. The van der Waals surface area contributed by atoms with Crippen LogP contribution >= 0.6 is 0 Å². The van der Waals surface area contributed by atoms with Crippen molar-refractivity contribution in [3.8, 4) is 0 Å². The van der Waals surface area contributed by atoms with Gasteiger partial charge >= 0.3 is 0 Å². The van der Waals surface area contributed by atoms with Gasteiger partial charge in [0, 0.05) is 0 Å². The van der Waals surface area contributed by atoms with Gasteiger partial charge in [-0.3, -0.25) is 0 Å². The average molecular weight is 126 g/mol. The van der Waals surface area contributed by atoms with Crippen molar-refractivity contribution < 1.29 is 4.74 Å². The van der Waals surface area contributed by atoms with Gasteiger partial charge in [0.15, 0.2) is 0 Å². The Morgan fingerprint density at radius 2 is 2.22 bits per heavy atom. The number of hydrogen-bond acceptors (Lipinski definition) is 1. The SMILES string of the molecule is CC(C)C1C2COC1C2. The maximum absolute atomic E-state index is 5.50. The largest absolute Gasteiger partial charge is 0.378 e. The van der Waals surface area contributed by atoms with Crippen molar-refractivity contribution in [3.05, 3.63) is 0 Å². The Morgan fingerprint density at radius 1 is 1.44 bits per heavy atom. The number of hydrogen-bond donors (Lipinski definition) is 0. The van der Waals surface area contributed by atoms with Crippen molar-refractivity contribution in [1.29, 1.82) is 0 Å². The van der Waals surface area contributed by atoms with E-state index < -0.39 is 0 Å². The molecule has 0 aromatic heterocycles. The van der Waals surface area contributed by atoms with Crippen LogP contribution in [0.3, 0.4) is 0 Å². The molecule has 52 valence electrons. The summed E-state index contributed by atoms with van der Waals surface area (Å²) >= 11 is 0. The van der Waals surface area contributed by atoms with Crippen LogP contribution in [0, 0.1) is 17.8 Å². The van der Waals surface area contributed by atoms with E-state index >= 15 is 0 Å². The highest BCUT2D eigenvalue weighted by atomic mass is 16.5. The molecule has 2 heterocycles. The van der Waals surface area contributed by atoms with E-state index in [-0.39, 0.29) is 0 Å². The van der Waals surface area contributed by atoms with Crippen LogP contribution in [0.25, 0.3) is 0 Å². The molecule has 9 heavy (non-hydrogen) atoms. The maximum atomic E-state index is 5.50. The smallest absolute Gasteiger partial charge is 0.0613 e. The molecule has 0 N–H and O–H groups in total. The summed E-state index contributed by atoms with van der Waals surface area (Å²) in [6, 6.07) is 0. The van der Waals surface area contributed by atoms with Gasteiger partial charge < -0.3 is 4.74 Å². The first-order valence-electron chi connectivity index (χ1n) is 3.90. The molecule has 3 unspecified atom stereocenters. The van der Waals surface area contributed by atoms with Gasteiger partial charge in [0.2, 0.25) is 0 Å². The molecule has 3 atom stereocenters. The summed E-state index contributed by atoms with van der Waals surface area (Å²) in [5, 5.41) is 0. The third-order valence-electron chi connectivity index (χ3n) is 2.80. The normalized spacial score (nSPS) is 47.7. The van der Waals surface area contributed by atoms with Crippen molar-refractivity contribution in [1.82, 2.24) is 0 Å². The van der Waals surface area contributed by atoms with Gasteiger partial charge in [-0.15, -0.1) is 0 Å². The van der Waals surface area contributed by atoms with Crippen LogP contribution in [0.15, 0.2) is 0 Å². The Hall–Kier alpha value is -0.0400. The molecule has 1 nitrogen and oxygen atoms in total. The molecule has 2 saturated heterocycles. The summed E-state index contributed by atoms with van der Waals surface area (Å²) in [6.45, 7) is 5.66. The first-order valence-corrected chi connectivity index (χ1v) is 3.90. The minimum atomic E-state index is 0.648. The van der Waals surface area contributed by atoms with E-state index in [9.17, 15) is 0 Å². The van der Waals surface area contributed by atoms with Crippen LogP contribution in [-0.2, 0) is 4.74 Å². The van der Waals surface area contributed by atoms with Crippen molar-refractivity contribution in [3.63, 3.8) is 0 Å². The van der Waals surface area contributed by atoms with Crippen LogP contribution in [-0.4, -0.2) is 12.7 Å². The molecular formula is C8H14O. The molecule has 1 saturated carbocycles. The lowest BCUT2D eigenvalue weighted by molar-refractivity contribution is 0.0463. The first-order chi connectivity index (χ1) is 4.29. The minimum absolute atomic E-state index is 0.648. The van der Waals surface area contributed by atoms with Gasteiger partial charge in [0.25, 0.3) is 0 Å². The van der Waals surface area contributed by atoms with Crippen LogP contribution < -0.4 is 0 Å². The lowest BCUT2D eigenvalue weighted by atomic mass is 9.68. The molecular weight excluding hydrogens is 112 g/mol. The zero-order valence-corrected chi connectivity index (χ0v) is 6.13. The molecule has 1 aliphatic carbocycles. The summed E-state index contributed by atoms with van der Waals surface area (Å²) < 4.78 is 5.50. The van der Waals surface area contributed by atoms with Gasteiger partial charge in [-0.05, 0) is 24.2 Å². The standard InChI is InChI=1S/C8H14O/c1-5(2)8-6-3-7(8)9-4-6/h5-8H,3-4H2,1-2H3. The third-order valence-corrected chi connectivity index (χ3v) is 2.80. The minimum Gasteiger partial charge on any atom is -0.378 e. The van der Waals surface area contributed by atoms with Crippen molar-refractivity contribution in [2.24, 2.45) is 17.8 Å². The summed E-state index contributed by atoms with van der Waals surface area (Å²) in [4.78, 5) is 0. The third kappa shape index (κ3) is 0.644. The predicted octanol–water partition coefficient (Wildman–Crippen LogP) is 1.68. The van der Waals surface area contributed by atoms with Crippen LogP contribution in [0.2, 0.25) is 0 Å². The van der Waals surface area contributed by atoms with E-state index in [1.807, 2.05) is 0 Å². The van der Waals surface area contributed by atoms with Crippen molar-refractivity contribution >= 4 is 0 Å². The Morgan fingerprint density at radius 3 is 2.44 bits per heavy atom. The fourth-order valence-corrected chi connectivity index (χ4v) is 2.30.